The van der Waals surface area contributed by atoms with E-state index in [1.165, 1.54) is 6.07 Å². The van der Waals surface area contributed by atoms with E-state index in [4.69, 9.17) is 11.6 Å². The quantitative estimate of drug-likeness (QED) is 0.602. The van der Waals surface area contributed by atoms with Crippen molar-refractivity contribution in [2.24, 2.45) is 0 Å². The van der Waals surface area contributed by atoms with Gasteiger partial charge in [0.2, 0.25) is 0 Å². The van der Waals surface area contributed by atoms with Crippen LogP contribution in [0.3, 0.4) is 0 Å². The van der Waals surface area contributed by atoms with Gasteiger partial charge in [0.1, 0.15) is 0 Å². The molecule has 0 amide bonds. The summed E-state index contributed by atoms with van der Waals surface area (Å²) in [5.41, 5.74) is 0.218. The number of hydrogen-bond acceptors (Lipinski definition) is 1. The zero-order valence-electron chi connectivity index (χ0n) is 11.0. The number of aromatic nitrogens is 1. The zero-order valence-corrected chi connectivity index (χ0v) is 13.4. The molecule has 2 unspecified atom stereocenters. The summed E-state index contributed by atoms with van der Waals surface area (Å²) in [5.74, 6) is -0.267. The highest BCUT2D eigenvalue weighted by molar-refractivity contribution is 9.10. The van der Waals surface area contributed by atoms with Crippen LogP contribution in [-0.4, -0.2) is 4.98 Å². The third kappa shape index (κ3) is 3.77. The molecule has 0 bridgehead atoms. The normalized spacial score (nSPS) is 14.8. The van der Waals surface area contributed by atoms with Crippen LogP contribution in [0.2, 0.25) is 0 Å². The lowest BCUT2D eigenvalue weighted by molar-refractivity contribution is -0.138. The SMILES string of the molecule is CC(c1ccncc1)C(Cl)c1ccc(Br)cc1C(F)(F)F. The molecule has 21 heavy (non-hydrogen) atoms. The van der Waals surface area contributed by atoms with E-state index in [1.54, 1.807) is 37.5 Å². The van der Waals surface area contributed by atoms with Crippen LogP contribution in [0, 0.1) is 0 Å². The second-order valence-electron chi connectivity index (χ2n) is 4.70. The van der Waals surface area contributed by atoms with E-state index in [0.717, 1.165) is 11.6 Å². The Kier molecular flexibility index (Phi) is 4.94. The molecule has 6 heteroatoms. The summed E-state index contributed by atoms with van der Waals surface area (Å²) in [5, 5.41) is -0.780. The van der Waals surface area contributed by atoms with E-state index in [2.05, 4.69) is 20.9 Å². The van der Waals surface area contributed by atoms with Crippen molar-refractivity contribution in [2.45, 2.75) is 24.4 Å². The van der Waals surface area contributed by atoms with Crippen LogP contribution in [0.1, 0.15) is 34.9 Å². The first-order chi connectivity index (χ1) is 9.80. The molecule has 1 aromatic heterocycles. The molecule has 1 nitrogen and oxygen atoms in total. The van der Waals surface area contributed by atoms with E-state index >= 15 is 0 Å². The molecule has 2 aromatic rings. The summed E-state index contributed by atoms with van der Waals surface area (Å²) >= 11 is 9.39. The molecule has 1 heterocycles. The molecule has 0 aliphatic carbocycles. The van der Waals surface area contributed by atoms with Crippen molar-refractivity contribution in [3.8, 4) is 0 Å². The Balaban J connectivity index is 2.42. The monoisotopic (exact) mass is 377 g/mol. The Morgan fingerprint density at radius 3 is 2.33 bits per heavy atom. The summed E-state index contributed by atoms with van der Waals surface area (Å²) < 4.78 is 39.9. The van der Waals surface area contributed by atoms with Crippen LogP contribution in [0.15, 0.2) is 47.2 Å². The topological polar surface area (TPSA) is 12.9 Å². The number of pyridine rings is 1. The Bertz CT molecular complexity index is 616. The predicted molar refractivity (Wildman–Crippen MR) is 80.4 cm³/mol. The van der Waals surface area contributed by atoms with Gasteiger partial charge in [0.25, 0.3) is 0 Å². The van der Waals surface area contributed by atoms with Crippen molar-refractivity contribution in [1.82, 2.24) is 4.98 Å². The lowest BCUT2D eigenvalue weighted by atomic mass is 9.91. The van der Waals surface area contributed by atoms with Crippen molar-refractivity contribution >= 4 is 27.5 Å². The summed E-state index contributed by atoms with van der Waals surface area (Å²) in [6.45, 7) is 1.80. The van der Waals surface area contributed by atoms with Crippen LogP contribution in [0.5, 0.6) is 0 Å². The van der Waals surface area contributed by atoms with Crippen LogP contribution >= 0.6 is 27.5 Å². The van der Waals surface area contributed by atoms with Gasteiger partial charge in [-0.1, -0.05) is 28.9 Å². The van der Waals surface area contributed by atoms with Crippen molar-refractivity contribution in [3.05, 3.63) is 63.9 Å². The summed E-state index contributed by atoms with van der Waals surface area (Å²) in [4.78, 5) is 3.90. The molecule has 0 N–H and O–H groups in total. The van der Waals surface area contributed by atoms with E-state index in [9.17, 15) is 13.2 Å². The summed E-state index contributed by atoms with van der Waals surface area (Å²) in [6.07, 6.45) is -1.24. The Morgan fingerprint density at radius 2 is 1.76 bits per heavy atom. The maximum atomic E-state index is 13.2. The Morgan fingerprint density at radius 1 is 1.14 bits per heavy atom. The standard InChI is InChI=1S/C15H12BrClF3N/c1-9(10-4-6-21-7-5-10)14(17)12-3-2-11(16)8-13(12)15(18,19)20/h2-9,14H,1H3. The first kappa shape index (κ1) is 16.3. The van der Waals surface area contributed by atoms with Crippen LogP contribution in [0.25, 0.3) is 0 Å². The van der Waals surface area contributed by atoms with Crippen molar-refractivity contribution in [3.63, 3.8) is 0 Å². The van der Waals surface area contributed by atoms with Crippen molar-refractivity contribution < 1.29 is 13.2 Å². The highest BCUT2D eigenvalue weighted by atomic mass is 79.9. The molecule has 0 saturated heterocycles. The largest absolute Gasteiger partial charge is 0.416 e. The minimum absolute atomic E-state index is 0.0803. The van der Waals surface area contributed by atoms with Gasteiger partial charge >= 0.3 is 6.18 Å². The summed E-state index contributed by atoms with van der Waals surface area (Å²) in [6, 6.07) is 7.56. The van der Waals surface area contributed by atoms with E-state index in [0.29, 0.717) is 4.47 Å². The summed E-state index contributed by atoms with van der Waals surface area (Å²) in [7, 11) is 0. The number of nitrogens with zero attached hydrogens (tertiary/aromatic N) is 1. The van der Waals surface area contributed by atoms with E-state index in [-0.39, 0.29) is 11.5 Å². The molecule has 0 spiro atoms. The third-order valence-corrected chi connectivity index (χ3v) is 4.40. The van der Waals surface area contributed by atoms with E-state index < -0.39 is 17.1 Å². The lowest BCUT2D eigenvalue weighted by Gasteiger charge is -2.22. The van der Waals surface area contributed by atoms with Crippen LogP contribution < -0.4 is 0 Å². The highest BCUT2D eigenvalue weighted by Gasteiger charge is 2.36. The second kappa shape index (κ2) is 6.36. The lowest BCUT2D eigenvalue weighted by Crippen LogP contribution is -2.13. The molecule has 2 rings (SSSR count). The Labute approximate surface area is 134 Å². The molecular formula is C15H12BrClF3N. The van der Waals surface area contributed by atoms with Gasteiger partial charge < -0.3 is 0 Å². The first-order valence-electron chi connectivity index (χ1n) is 6.21. The second-order valence-corrected chi connectivity index (χ2v) is 6.09. The van der Waals surface area contributed by atoms with E-state index in [1.807, 2.05) is 0 Å². The van der Waals surface area contributed by atoms with Gasteiger partial charge in [-0.25, -0.2) is 0 Å². The van der Waals surface area contributed by atoms with Gasteiger partial charge in [-0.2, -0.15) is 13.2 Å². The molecular weight excluding hydrogens is 367 g/mol. The zero-order chi connectivity index (χ0) is 15.6. The number of benzene rings is 1. The molecule has 0 saturated carbocycles. The number of alkyl halides is 4. The Hall–Kier alpha value is -1.07. The van der Waals surface area contributed by atoms with Gasteiger partial charge in [0.05, 0.1) is 10.9 Å². The van der Waals surface area contributed by atoms with Crippen LogP contribution in [0.4, 0.5) is 13.2 Å². The van der Waals surface area contributed by atoms with Gasteiger partial charge in [-0.3, -0.25) is 4.98 Å². The van der Waals surface area contributed by atoms with Gasteiger partial charge in [-0.05, 0) is 35.4 Å². The number of halogens is 5. The van der Waals surface area contributed by atoms with Crippen LogP contribution in [-0.2, 0) is 6.18 Å². The molecule has 1 aromatic carbocycles. The maximum absolute atomic E-state index is 13.2. The fraction of sp³-hybridized carbons (Fsp3) is 0.267. The minimum atomic E-state index is -4.44. The maximum Gasteiger partial charge on any atom is 0.416 e. The average Bonchev–Trinajstić information content (AvgIpc) is 2.45. The predicted octanol–water partition coefficient (Wildman–Crippen LogP) is 5.95. The number of hydrogen-bond donors (Lipinski definition) is 0. The fourth-order valence-electron chi connectivity index (χ4n) is 2.12. The first-order valence-corrected chi connectivity index (χ1v) is 7.44. The molecule has 0 radical (unpaired) electrons. The smallest absolute Gasteiger partial charge is 0.265 e. The van der Waals surface area contributed by atoms with Crippen molar-refractivity contribution in [1.29, 1.82) is 0 Å². The van der Waals surface area contributed by atoms with Gasteiger partial charge in [0, 0.05) is 22.8 Å². The third-order valence-electron chi connectivity index (χ3n) is 3.29. The average molecular weight is 379 g/mol. The molecule has 0 aliphatic heterocycles. The fourth-order valence-corrected chi connectivity index (χ4v) is 2.82. The number of rotatable bonds is 3. The molecule has 0 fully saturated rings. The molecule has 112 valence electrons. The molecule has 0 aliphatic rings. The van der Waals surface area contributed by atoms with Crippen molar-refractivity contribution in [2.75, 3.05) is 0 Å². The van der Waals surface area contributed by atoms with Gasteiger partial charge in [0.15, 0.2) is 0 Å². The molecule has 2 atom stereocenters. The minimum Gasteiger partial charge on any atom is -0.265 e. The highest BCUT2D eigenvalue weighted by Crippen LogP contribution is 2.43. The van der Waals surface area contributed by atoms with Gasteiger partial charge in [-0.15, -0.1) is 11.6 Å².